The summed E-state index contributed by atoms with van der Waals surface area (Å²) < 4.78 is 13.8. The number of fused-ring (bicyclic) bond motifs is 1. The third-order valence-corrected chi connectivity index (χ3v) is 14.3. The Morgan fingerprint density at radius 2 is 1.55 bits per heavy atom. The molecule has 1 heterocycles. The van der Waals surface area contributed by atoms with Crippen molar-refractivity contribution in [3.05, 3.63) is 111 Å². The maximum Gasteiger partial charge on any atom is 0.257 e. The highest BCUT2D eigenvalue weighted by molar-refractivity contribution is 6.74. The van der Waals surface area contributed by atoms with Crippen molar-refractivity contribution in [3.63, 3.8) is 0 Å². The van der Waals surface area contributed by atoms with E-state index in [1.807, 2.05) is 78.6 Å². The van der Waals surface area contributed by atoms with E-state index in [2.05, 4.69) is 40.4 Å². The molecule has 0 aromatic heterocycles. The topological polar surface area (TPSA) is 38.8 Å². The summed E-state index contributed by atoms with van der Waals surface area (Å²) in [7, 11) is -1.93. The lowest BCUT2D eigenvalue weighted by molar-refractivity contribution is -0.128. The zero-order chi connectivity index (χ0) is 30.5. The molecule has 1 unspecified atom stereocenters. The van der Waals surface area contributed by atoms with Crippen LogP contribution in [0.2, 0.25) is 28.2 Å². The van der Waals surface area contributed by atoms with Gasteiger partial charge in [-0.15, -0.1) is 0 Å². The van der Waals surface area contributed by atoms with Crippen molar-refractivity contribution in [3.8, 4) is 0 Å². The van der Waals surface area contributed by atoms with Gasteiger partial charge in [0.15, 0.2) is 14.0 Å². The Hall–Kier alpha value is -2.41. The molecule has 3 aromatic rings. The van der Waals surface area contributed by atoms with Gasteiger partial charge in [-0.3, -0.25) is 9.69 Å². The highest BCUT2D eigenvalue weighted by Gasteiger charge is 2.55. The normalized spacial score (nSPS) is 19.6. The first-order chi connectivity index (χ1) is 19.7. The highest BCUT2D eigenvalue weighted by atomic mass is 35.5. The first kappa shape index (κ1) is 31.0. The molecule has 2 aliphatic rings. The molecule has 1 amide bonds. The van der Waals surface area contributed by atoms with Gasteiger partial charge in [-0.1, -0.05) is 92.5 Å². The number of carbonyl (C=O) groups excluding carboxylic acids is 1. The van der Waals surface area contributed by atoms with E-state index in [-0.39, 0.29) is 16.4 Å². The predicted molar refractivity (Wildman–Crippen MR) is 175 cm³/mol. The number of benzene rings is 3. The predicted octanol–water partition coefficient (Wildman–Crippen LogP) is 9.70. The molecule has 7 heteroatoms. The lowest BCUT2D eigenvalue weighted by Gasteiger charge is -2.41. The minimum absolute atomic E-state index is 0.0790. The molecular formula is C35H41Cl2NO3Si. The number of hydrogen-bond donors (Lipinski definition) is 0. The zero-order valence-electron chi connectivity index (χ0n) is 25.5. The lowest BCUT2D eigenvalue weighted by Crippen LogP contribution is -2.48. The molecule has 0 bridgehead atoms. The van der Waals surface area contributed by atoms with Crippen molar-refractivity contribution in [2.75, 3.05) is 13.2 Å². The van der Waals surface area contributed by atoms with Crippen LogP contribution in [-0.2, 0) is 21.4 Å². The minimum Gasteiger partial charge on any atom is -0.416 e. The Bertz CT molecular complexity index is 1490. The van der Waals surface area contributed by atoms with Crippen molar-refractivity contribution in [2.24, 2.45) is 5.41 Å². The largest absolute Gasteiger partial charge is 0.416 e. The summed E-state index contributed by atoms with van der Waals surface area (Å²) in [5.74, 6) is -0.0830. The average Bonchev–Trinajstić information content (AvgIpc) is 3.68. The number of ether oxygens (including phenoxy) is 1. The Morgan fingerprint density at radius 1 is 0.952 bits per heavy atom. The van der Waals surface area contributed by atoms with Crippen LogP contribution in [0, 0.1) is 5.41 Å². The minimum atomic E-state index is -1.93. The van der Waals surface area contributed by atoms with Gasteiger partial charge < -0.3 is 9.16 Å². The number of halogens is 2. The average molecular weight is 623 g/mol. The second-order valence-corrected chi connectivity index (χ2v) is 19.2. The second-order valence-electron chi connectivity index (χ2n) is 13.5. The smallest absolute Gasteiger partial charge is 0.257 e. The van der Waals surface area contributed by atoms with Crippen molar-refractivity contribution in [2.45, 2.75) is 70.9 Å². The van der Waals surface area contributed by atoms with Crippen LogP contribution >= 0.6 is 23.2 Å². The van der Waals surface area contributed by atoms with E-state index < -0.39 is 14.0 Å². The summed E-state index contributed by atoms with van der Waals surface area (Å²) in [6.45, 7) is 18.9. The molecule has 1 saturated carbocycles. The fourth-order valence-electron chi connectivity index (χ4n) is 5.21. The molecule has 1 atom stereocenters. The van der Waals surface area contributed by atoms with Gasteiger partial charge in [-0.25, -0.2) is 0 Å². The molecule has 0 saturated heterocycles. The van der Waals surface area contributed by atoms with Crippen molar-refractivity contribution in [1.82, 2.24) is 4.90 Å². The fourth-order valence-corrected chi connectivity index (χ4v) is 6.56. The number of hydrogen-bond acceptors (Lipinski definition) is 3. The fraction of sp³-hybridized carbons (Fsp3) is 0.400. The van der Waals surface area contributed by atoms with Crippen molar-refractivity contribution < 1.29 is 14.0 Å². The van der Waals surface area contributed by atoms with Crippen LogP contribution in [0.25, 0.3) is 5.57 Å². The molecule has 42 heavy (non-hydrogen) atoms. The second kappa shape index (κ2) is 11.3. The molecule has 0 radical (unpaired) electrons. The van der Waals surface area contributed by atoms with Gasteiger partial charge in [0.1, 0.15) is 0 Å². The zero-order valence-corrected chi connectivity index (χ0v) is 28.0. The SMILES string of the molecule is C=C(C)c1ccc2c(c1)C(=O)N(Cc1ccc(Cl)cc1)C2(OCC1(CO[Si](C)(C)C(C)(C)C)CC1)c1ccc(Cl)cc1. The molecule has 4 nitrogen and oxygen atoms in total. The molecule has 0 spiro atoms. The van der Waals surface area contributed by atoms with Gasteiger partial charge in [0.2, 0.25) is 0 Å². The molecule has 0 N–H and O–H groups in total. The molecule has 3 aromatic carbocycles. The van der Waals surface area contributed by atoms with Crippen LogP contribution in [0.3, 0.4) is 0 Å². The van der Waals surface area contributed by atoms with Gasteiger partial charge >= 0.3 is 0 Å². The quantitative estimate of drug-likeness (QED) is 0.211. The van der Waals surface area contributed by atoms with Gasteiger partial charge in [0.05, 0.1) is 6.61 Å². The first-order valence-corrected chi connectivity index (χ1v) is 18.2. The lowest BCUT2D eigenvalue weighted by atomic mass is 9.91. The number of carbonyl (C=O) groups is 1. The van der Waals surface area contributed by atoms with E-state index in [9.17, 15) is 4.79 Å². The monoisotopic (exact) mass is 621 g/mol. The third-order valence-electron chi connectivity index (χ3n) is 9.31. The van der Waals surface area contributed by atoms with Crippen LogP contribution in [0.15, 0.2) is 73.3 Å². The Morgan fingerprint density at radius 3 is 2.10 bits per heavy atom. The summed E-state index contributed by atoms with van der Waals surface area (Å²) >= 11 is 12.6. The Labute approximate surface area is 261 Å². The van der Waals surface area contributed by atoms with Crippen molar-refractivity contribution in [1.29, 1.82) is 0 Å². The standard InChI is InChI=1S/C35H41Cl2NO3Si/c1-24(2)26-10-17-31-30(20-26)32(39)38(21-25-8-13-28(36)14-9-25)35(31,27-11-15-29(37)16-12-27)40-22-34(18-19-34)23-41-42(6,7)33(3,4)5/h8-17,20H,1,18-19,21-23H2,2-7H3. The van der Waals surface area contributed by atoms with E-state index in [1.165, 1.54) is 0 Å². The summed E-state index contributed by atoms with van der Waals surface area (Å²) in [6.07, 6.45) is 2.07. The summed E-state index contributed by atoms with van der Waals surface area (Å²) in [6, 6.07) is 21.3. The molecule has 1 aliphatic heterocycles. The van der Waals surface area contributed by atoms with Crippen LogP contribution in [0.1, 0.15) is 73.1 Å². The van der Waals surface area contributed by atoms with E-state index >= 15 is 0 Å². The number of nitrogens with zero attached hydrogens (tertiary/aromatic N) is 1. The maximum atomic E-state index is 14.4. The molecular weight excluding hydrogens is 581 g/mol. The van der Waals surface area contributed by atoms with Crippen LogP contribution < -0.4 is 0 Å². The number of rotatable bonds is 10. The Kier molecular flexibility index (Phi) is 8.32. The highest BCUT2D eigenvalue weighted by Crippen LogP contribution is 2.53. The molecule has 222 valence electrons. The molecule has 1 fully saturated rings. The summed E-state index contributed by atoms with van der Waals surface area (Å²) in [5.41, 5.74) is 3.89. The molecule has 5 rings (SSSR count). The van der Waals surface area contributed by atoms with Gasteiger partial charge in [0.25, 0.3) is 5.91 Å². The van der Waals surface area contributed by atoms with E-state index in [1.54, 1.807) is 0 Å². The van der Waals surface area contributed by atoms with Crippen LogP contribution in [0.4, 0.5) is 0 Å². The van der Waals surface area contributed by atoms with Gasteiger partial charge in [0, 0.05) is 45.3 Å². The number of amides is 1. The van der Waals surface area contributed by atoms with Crippen LogP contribution in [0.5, 0.6) is 0 Å². The van der Waals surface area contributed by atoms with Crippen molar-refractivity contribution >= 4 is 43.0 Å². The number of allylic oxidation sites excluding steroid dienone is 1. The molecule has 1 aliphatic carbocycles. The van der Waals surface area contributed by atoms with E-state index in [4.69, 9.17) is 32.4 Å². The maximum absolute atomic E-state index is 14.4. The van der Waals surface area contributed by atoms with Gasteiger partial charge in [-0.05, 0) is 79.4 Å². The summed E-state index contributed by atoms with van der Waals surface area (Å²) in [5, 5.41) is 1.40. The van der Waals surface area contributed by atoms with E-state index in [0.29, 0.717) is 35.4 Å². The summed E-state index contributed by atoms with van der Waals surface area (Å²) in [4.78, 5) is 16.2. The van der Waals surface area contributed by atoms with Crippen LogP contribution in [-0.4, -0.2) is 32.3 Å². The van der Waals surface area contributed by atoms with E-state index in [0.717, 1.165) is 40.7 Å². The first-order valence-electron chi connectivity index (χ1n) is 14.6. The third kappa shape index (κ3) is 5.87. The van der Waals surface area contributed by atoms with Gasteiger partial charge in [-0.2, -0.15) is 0 Å². The Balaban J connectivity index is 1.59.